The van der Waals surface area contributed by atoms with Crippen molar-refractivity contribution < 1.29 is 4.79 Å². The van der Waals surface area contributed by atoms with Crippen molar-refractivity contribution in [1.29, 1.82) is 0 Å². The van der Waals surface area contributed by atoms with Crippen LogP contribution in [0.1, 0.15) is 37.8 Å². The van der Waals surface area contributed by atoms with E-state index in [0.717, 1.165) is 25.9 Å². The van der Waals surface area contributed by atoms with Crippen LogP contribution in [0, 0.1) is 5.92 Å². The monoisotopic (exact) mass is 261 g/mol. The van der Waals surface area contributed by atoms with Crippen LogP contribution >= 0.6 is 0 Å². The van der Waals surface area contributed by atoms with Gasteiger partial charge in [-0.2, -0.15) is 0 Å². The highest BCUT2D eigenvalue weighted by molar-refractivity contribution is 5.74. The molecule has 1 aromatic carbocycles. The molecule has 0 bridgehead atoms. The molecule has 1 unspecified atom stereocenters. The normalized spacial score (nSPS) is 18.3. The first-order valence-electron chi connectivity index (χ1n) is 6.95. The van der Waals surface area contributed by atoms with Gasteiger partial charge >= 0.3 is 0 Å². The van der Waals surface area contributed by atoms with Crippen LogP contribution in [0.15, 0.2) is 24.3 Å². The van der Waals surface area contributed by atoms with Gasteiger partial charge in [-0.25, -0.2) is 0 Å². The van der Waals surface area contributed by atoms with Gasteiger partial charge in [-0.3, -0.25) is 4.79 Å². The van der Waals surface area contributed by atoms with E-state index in [0.29, 0.717) is 12.3 Å². The molecular formula is C15H23N3O. The minimum absolute atomic E-state index is 0.0412. The van der Waals surface area contributed by atoms with Crippen LogP contribution in [0.3, 0.4) is 0 Å². The maximum atomic E-state index is 11.0. The van der Waals surface area contributed by atoms with Crippen LogP contribution < -0.4 is 16.4 Å². The largest absolute Gasteiger partial charge is 0.371 e. The standard InChI is InChI=1S/C15H23N3O/c1-11(16)13-4-2-3-5-14(13)18-8-6-12(7-9-18)10-15(17)19/h2-5,11-12H,6-10,16H2,1H3,(H2,17,19). The van der Waals surface area contributed by atoms with Crippen molar-refractivity contribution in [3.8, 4) is 0 Å². The second kappa shape index (κ2) is 6.06. The molecule has 19 heavy (non-hydrogen) atoms. The summed E-state index contributed by atoms with van der Waals surface area (Å²) in [4.78, 5) is 13.3. The second-order valence-electron chi connectivity index (χ2n) is 5.45. The fourth-order valence-corrected chi connectivity index (χ4v) is 2.82. The maximum Gasteiger partial charge on any atom is 0.217 e. The Morgan fingerprint density at radius 2 is 2.00 bits per heavy atom. The number of primary amides is 1. The van der Waals surface area contributed by atoms with Gasteiger partial charge in [0.05, 0.1) is 0 Å². The Morgan fingerprint density at radius 3 is 2.58 bits per heavy atom. The van der Waals surface area contributed by atoms with Crippen molar-refractivity contribution in [3.63, 3.8) is 0 Å². The number of benzene rings is 1. The molecule has 0 saturated carbocycles. The summed E-state index contributed by atoms with van der Waals surface area (Å²) in [7, 11) is 0. The summed E-state index contributed by atoms with van der Waals surface area (Å²) in [5, 5.41) is 0. The lowest BCUT2D eigenvalue weighted by Crippen LogP contribution is -2.36. The molecule has 4 nitrogen and oxygen atoms in total. The Morgan fingerprint density at radius 1 is 1.37 bits per heavy atom. The number of anilines is 1. The molecule has 1 heterocycles. The highest BCUT2D eigenvalue weighted by Gasteiger charge is 2.22. The molecule has 0 radical (unpaired) electrons. The maximum absolute atomic E-state index is 11.0. The highest BCUT2D eigenvalue weighted by Crippen LogP contribution is 2.29. The first-order chi connectivity index (χ1) is 9.08. The van der Waals surface area contributed by atoms with Crippen molar-refractivity contribution >= 4 is 11.6 Å². The van der Waals surface area contributed by atoms with Crippen LogP contribution in [-0.4, -0.2) is 19.0 Å². The van der Waals surface area contributed by atoms with Crippen LogP contribution in [0.5, 0.6) is 0 Å². The quantitative estimate of drug-likeness (QED) is 0.868. The number of piperidine rings is 1. The smallest absolute Gasteiger partial charge is 0.217 e. The molecule has 0 aromatic heterocycles. The predicted molar refractivity (Wildman–Crippen MR) is 77.8 cm³/mol. The van der Waals surface area contributed by atoms with Crippen LogP contribution in [0.25, 0.3) is 0 Å². The van der Waals surface area contributed by atoms with Gasteiger partial charge in [0.1, 0.15) is 0 Å². The van der Waals surface area contributed by atoms with Crippen molar-refractivity contribution in [2.75, 3.05) is 18.0 Å². The minimum atomic E-state index is -0.186. The fourth-order valence-electron chi connectivity index (χ4n) is 2.82. The SMILES string of the molecule is CC(N)c1ccccc1N1CCC(CC(N)=O)CC1. The average molecular weight is 261 g/mol. The molecule has 1 atom stereocenters. The molecule has 2 rings (SSSR count). The molecule has 1 aromatic rings. The minimum Gasteiger partial charge on any atom is -0.371 e. The molecule has 104 valence electrons. The lowest BCUT2D eigenvalue weighted by molar-refractivity contribution is -0.119. The number of nitrogens with two attached hydrogens (primary N) is 2. The van der Waals surface area contributed by atoms with Crippen LogP contribution in [0.2, 0.25) is 0 Å². The summed E-state index contributed by atoms with van der Waals surface area (Å²) >= 11 is 0. The summed E-state index contributed by atoms with van der Waals surface area (Å²) < 4.78 is 0. The van der Waals surface area contributed by atoms with Gasteiger partial charge < -0.3 is 16.4 Å². The Hall–Kier alpha value is -1.55. The van der Waals surface area contributed by atoms with Gasteiger partial charge in [-0.1, -0.05) is 18.2 Å². The molecule has 1 aliphatic heterocycles. The van der Waals surface area contributed by atoms with Gasteiger partial charge in [0, 0.05) is 31.2 Å². The number of rotatable bonds is 4. The van der Waals surface area contributed by atoms with E-state index < -0.39 is 0 Å². The topological polar surface area (TPSA) is 72.3 Å². The molecule has 0 spiro atoms. The third kappa shape index (κ3) is 3.47. The number of amides is 1. The molecule has 1 aliphatic rings. The van der Waals surface area contributed by atoms with E-state index in [4.69, 9.17) is 11.5 Å². The van der Waals surface area contributed by atoms with Crippen LogP contribution in [0.4, 0.5) is 5.69 Å². The van der Waals surface area contributed by atoms with Gasteiger partial charge in [0.2, 0.25) is 5.91 Å². The fraction of sp³-hybridized carbons (Fsp3) is 0.533. The van der Waals surface area contributed by atoms with Crippen LogP contribution in [-0.2, 0) is 4.79 Å². The second-order valence-corrected chi connectivity index (χ2v) is 5.45. The van der Waals surface area contributed by atoms with Gasteiger partial charge in [-0.15, -0.1) is 0 Å². The molecule has 1 fully saturated rings. The Bertz CT molecular complexity index is 437. The highest BCUT2D eigenvalue weighted by atomic mass is 16.1. The lowest BCUT2D eigenvalue weighted by atomic mass is 9.92. The van der Waals surface area contributed by atoms with E-state index in [9.17, 15) is 4.79 Å². The zero-order valence-electron chi connectivity index (χ0n) is 11.5. The van der Waals surface area contributed by atoms with E-state index in [1.165, 1.54) is 11.3 Å². The first-order valence-corrected chi connectivity index (χ1v) is 6.95. The third-order valence-corrected chi connectivity index (χ3v) is 3.87. The van der Waals surface area contributed by atoms with Gasteiger partial charge in [0.25, 0.3) is 0 Å². The summed E-state index contributed by atoms with van der Waals surface area (Å²) in [5.41, 5.74) is 13.7. The van der Waals surface area contributed by atoms with Gasteiger partial charge in [-0.05, 0) is 37.3 Å². The van der Waals surface area contributed by atoms with Crippen molar-refractivity contribution in [2.45, 2.75) is 32.2 Å². The Kier molecular flexibility index (Phi) is 4.43. The van der Waals surface area contributed by atoms with Crippen molar-refractivity contribution in [2.24, 2.45) is 17.4 Å². The number of hydrogen-bond donors (Lipinski definition) is 2. The number of hydrogen-bond acceptors (Lipinski definition) is 3. The number of nitrogens with zero attached hydrogens (tertiary/aromatic N) is 1. The molecular weight excluding hydrogens is 238 g/mol. The summed E-state index contributed by atoms with van der Waals surface area (Å²) in [5.74, 6) is 0.255. The zero-order chi connectivity index (χ0) is 13.8. The molecule has 4 N–H and O–H groups in total. The molecule has 4 heteroatoms. The van der Waals surface area contributed by atoms with E-state index in [2.05, 4.69) is 23.1 Å². The van der Waals surface area contributed by atoms with Crippen molar-refractivity contribution in [1.82, 2.24) is 0 Å². The molecule has 0 aliphatic carbocycles. The summed E-state index contributed by atoms with van der Waals surface area (Å²) in [6.45, 7) is 3.96. The lowest BCUT2D eigenvalue weighted by Gasteiger charge is -2.35. The predicted octanol–water partition coefficient (Wildman–Crippen LogP) is 1.80. The van der Waals surface area contributed by atoms with E-state index in [1.807, 2.05) is 13.0 Å². The van der Waals surface area contributed by atoms with E-state index >= 15 is 0 Å². The van der Waals surface area contributed by atoms with E-state index in [-0.39, 0.29) is 11.9 Å². The molecule has 1 saturated heterocycles. The third-order valence-electron chi connectivity index (χ3n) is 3.87. The first kappa shape index (κ1) is 13.9. The average Bonchev–Trinajstić information content (AvgIpc) is 2.39. The molecule has 1 amide bonds. The van der Waals surface area contributed by atoms with E-state index in [1.54, 1.807) is 0 Å². The zero-order valence-corrected chi connectivity index (χ0v) is 11.5. The Labute approximate surface area is 114 Å². The summed E-state index contributed by atoms with van der Waals surface area (Å²) in [6.07, 6.45) is 2.56. The Balaban J connectivity index is 2.03. The summed E-state index contributed by atoms with van der Waals surface area (Å²) in [6, 6.07) is 8.35. The number of carbonyl (C=O) groups excluding carboxylic acids is 1. The number of para-hydroxylation sites is 1. The van der Waals surface area contributed by atoms with Gasteiger partial charge in [0.15, 0.2) is 0 Å². The number of carbonyl (C=O) groups is 1. The van der Waals surface area contributed by atoms with Crippen molar-refractivity contribution in [3.05, 3.63) is 29.8 Å².